The molecule has 2 aromatic carbocycles. The number of aromatic hydroxyl groups is 1. The molecule has 2 rings (SSSR count). The minimum absolute atomic E-state index is 0.114. The van der Waals surface area contributed by atoms with Crippen LogP contribution in [0.5, 0.6) is 17.2 Å². The van der Waals surface area contributed by atoms with E-state index in [-0.39, 0.29) is 18.1 Å². The van der Waals surface area contributed by atoms with Crippen molar-refractivity contribution in [1.82, 2.24) is 5.43 Å². The van der Waals surface area contributed by atoms with Crippen molar-refractivity contribution in [3.05, 3.63) is 52.0 Å². The van der Waals surface area contributed by atoms with Crippen LogP contribution >= 0.6 is 11.6 Å². The van der Waals surface area contributed by atoms with E-state index in [9.17, 15) is 9.90 Å². The maximum atomic E-state index is 11.8. The fourth-order valence-electron chi connectivity index (χ4n) is 2.08. The summed E-state index contributed by atoms with van der Waals surface area (Å²) in [5, 5.41) is 14.1. The van der Waals surface area contributed by atoms with Gasteiger partial charge in [-0.2, -0.15) is 5.10 Å². The summed E-state index contributed by atoms with van der Waals surface area (Å²) in [6.07, 6.45) is 1.28. The summed E-state index contributed by atoms with van der Waals surface area (Å²) >= 11 is 5.93. The van der Waals surface area contributed by atoms with E-state index >= 15 is 0 Å². The molecule has 0 aromatic heterocycles. The van der Waals surface area contributed by atoms with Gasteiger partial charge in [-0.3, -0.25) is 4.79 Å². The fourth-order valence-corrected chi connectivity index (χ4v) is 2.30. The topological polar surface area (TPSA) is 80.2 Å². The van der Waals surface area contributed by atoms with E-state index < -0.39 is 5.91 Å². The van der Waals surface area contributed by atoms with Gasteiger partial charge in [-0.1, -0.05) is 23.7 Å². The highest BCUT2D eigenvalue weighted by Crippen LogP contribution is 2.32. The highest BCUT2D eigenvalue weighted by atomic mass is 35.5. The lowest BCUT2D eigenvalue weighted by molar-refractivity contribution is -0.123. The number of phenols is 1. The lowest BCUT2D eigenvalue weighted by Gasteiger charge is -2.10. The molecule has 0 radical (unpaired) electrons. The smallest absolute Gasteiger partial charge is 0.277 e. The Morgan fingerprint density at radius 1 is 1.32 bits per heavy atom. The molecule has 132 valence electrons. The van der Waals surface area contributed by atoms with Gasteiger partial charge in [-0.25, -0.2) is 5.43 Å². The number of hydrazone groups is 1. The van der Waals surface area contributed by atoms with Crippen molar-refractivity contribution in [2.45, 2.75) is 13.8 Å². The normalized spacial score (nSPS) is 10.7. The number of hydrogen-bond donors (Lipinski definition) is 2. The van der Waals surface area contributed by atoms with Crippen molar-refractivity contribution in [3.8, 4) is 17.2 Å². The van der Waals surface area contributed by atoms with Crippen LogP contribution in [0.15, 0.2) is 35.4 Å². The maximum absolute atomic E-state index is 11.8. The average Bonchev–Trinajstić information content (AvgIpc) is 2.58. The Hall–Kier alpha value is -2.73. The van der Waals surface area contributed by atoms with E-state index in [4.69, 9.17) is 21.1 Å². The minimum Gasteiger partial charge on any atom is -0.504 e. The average molecular weight is 363 g/mol. The fraction of sp³-hybridized carbons (Fsp3) is 0.222. The molecule has 7 heteroatoms. The first-order valence-corrected chi connectivity index (χ1v) is 7.87. The number of nitrogens with one attached hydrogen (secondary N) is 1. The number of amides is 1. The van der Waals surface area contributed by atoms with Crippen molar-refractivity contribution in [3.63, 3.8) is 0 Å². The van der Waals surface area contributed by atoms with E-state index in [1.807, 2.05) is 26.0 Å². The number of aryl methyl sites for hydroxylation is 1. The number of hydrogen-bond acceptors (Lipinski definition) is 5. The number of rotatable bonds is 6. The molecule has 0 atom stereocenters. The SMILES string of the molecule is COc1cc(Cl)cc(C=NNC(=O)COc2cccc(C)c2C)c1O. The van der Waals surface area contributed by atoms with Gasteiger partial charge < -0.3 is 14.6 Å². The Kier molecular flexibility index (Phi) is 6.25. The quantitative estimate of drug-likeness (QED) is 0.611. The second-order valence-corrected chi connectivity index (χ2v) is 5.76. The van der Waals surface area contributed by atoms with Crippen LogP contribution in [0.4, 0.5) is 0 Å². The number of methoxy groups -OCH3 is 1. The Balaban J connectivity index is 1.95. The largest absolute Gasteiger partial charge is 0.504 e. The predicted octanol–water partition coefficient (Wildman–Crippen LogP) is 3.20. The van der Waals surface area contributed by atoms with Crippen LogP contribution in [-0.4, -0.2) is 30.9 Å². The Morgan fingerprint density at radius 2 is 2.08 bits per heavy atom. The van der Waals surface area contributed by atoms with Crippen LogP contribution < -0.4 is 14.9 Å². The number of carbonyl (C=O) groups excluding carboxylic acids is 1. The lowest BCUT2D eigenvalue weighted by Crippen LogP contribution is -2.24. The maximum Gasteiger partial charge on any atom is 0.277 e. The molecule has 0 bridgehead atoms. The number of halogens is 1. The van der Waals surface area contributed by atoms with Crippen molar-refractivity contribution < 1.29 is 19.4 Å². The first-order chi connectivity index (χ1) is 11.9. The molecule has 2 N–H and O–H groups in total. The van der Waals surface area contributed by atoms with Gasteiger partial charge in [-0.05, 0) is 37.1 Å². The number of nitrogens with zero attached hydrogens (tertiary/aromatic N) is 1. The summed E-state index contributed by atoms with van der Waals surface area (Å²) < 4.78 is 10.5. The van der Waals surface area contributed by atoms with Gasteiger partial charge in [0.05, 0.1) is 13.3 Å². The Labute approximate surface area is 151 Å². The zero-order chi connectivity index (χ0) is 18.4. The van der Waals surface area contributed by atoms with E-state index in [1.54, 1.807) is 6.07 Å². The van der Waals surface area contributed by atoms with Gasteiger partial charge in [0, 0.05) is 16.7 Å². The van der Waals surface area contributed by atoms with Gasteiger partial charge in [0.1, 0.15) is 5.75 Å². The third kappa shape index (κ3) is 4.87. The second kappa shape index (κ2) is 8.39. The molecule has 2 aromatic rings. The van der Waals surface area contributed by atoms with Crippen LogP contribution in [0.2, 0.25) is 5.02 Å². The monoisotopic (exact) mass is 362 g/mol. The third-order valence-electron chi connectivity index (χ3n) is 3.60. The summed E-state index contributed by atoms with van der Waals surface area (Å²) in [7, 11) is 1.42. The van der Waals surface area contributed by atoms with Crippen LogP contribution in [-0.2, 0) is 4.79 Å². The number of ether oxygens (including phenoxy) is 2. The summed E-state index contributed by atoms with van der Waals surface area (Å²) in [6, 6.07) is 8.61. The predicted molar refractivity (Wildman–Crippen MR) is 96.8 cm³/mol. The van der Waals surface area contributed by atoms with Crippen LogP contribution in [0, 0.1) is 13.8 Å². The molecule has 0 aliphatic heterocycles. The molecular formula is C18H19ClN2O4. The summed E-state index contributed by atoms with van der Waals surface area (Å²) in [5.41, 5.74) is 4.72. The van der Waals surface area contributed by atoms with Crippen molar-refractivity contribution in [1.29, 1.82) is 0 Å². The van der Waals surface area contributed by atoms with E-state index in [0.29, 0.717) is 16.3 Å². The zero-order valence-corrected chi connectivity index (χ0v) is 14.9. The first-order valence-electron chi connectivity index (χ1n) is 7.49. The zero-order valence-electron chi connectivity index (χ0n) is 14.2. The molecule has 0 unspecified atom stereocenters. The van der Waals surface area contributed by atoms with Crippen LogP contribution in [0.3, 0.4) is 0 Å². The highest BCUT2D eigenvalue weighted by molar-refractivity contribution is 6.31. The van der Waals surface area contributed by atoms with Crippen LogP contribution in [0.1, 0.15) is 16.7 Å². The first kappa shape index (κ1) is 18.6. The lowest BCUT2D eigenvalue weighted by atomic mass is 10.1. The van der Waals surface area contributed by atoms with Crippen molar-refractivity contribution >= 4 is 23.7 Å². The Bertz CT molecular complexity index is 806. The molecule has 6 nitrogen and oxygen atoms in total. The summed E-state index contributed by atoms with van der Waals surface area (Å²) in [6.45, 7) is 3.72. The molecule has 0 spiro atoms. The molecule has 0 aliphatic carbocycles. The van der Waals surface area contributed by atoms with Gasteiger partial charge in [0.25, 0.3) is 5.91 Å². The molecule has 0 aliphatic rings. The van der Waals surface area contributed by atoms with Gasteiger partial charge in [-0.15, -0.1) is 0 Å². The molecule has 0 saturated heterocycles. The van der Waals surface area contributed by atoms with Crippen LogP contribution in [0.25, 0.3) is 0 Å². The summed E-state index contributed by atoms with van der Waals surface area (Å²) in [4.78, 5) is 11.8. The number of benzene rings is 2. The van der Waals surface area contributed by atoms with E-state index in [1.165, 1.54) is 25.5 Å². The van der Waals surface area contributed by atoms with E-state index in [2.05, 4.69) is 10.5 Å². The number of phenolic OH excluding ortho intramolecular Hbond substituents is 1. The highest BCUT2D eigenvalue weighted by Gasteiger charge is 2.09. The summed E-state index contributed by atoms with van der Waals surface area (Å²) in [5.74, 6) is 0.331. The van der Waals surface area contributed by atoms with Crippen molar-refractivity contribution in [2.24, 2.45) is 5.10 Å². The molecule has 1 amide bonds. The molecule has 0 fully saturated rings. The van der Waals surface area contributed by atoms with E-state index in [0.717, 1.165) is 11.1 Å². The van der Waals surface area contributed by atoms with Gasteiger partial charge in [0.2, 0.25) is 0 Å². The number of carbonyl (C=O) groups is 1. The molecule has 0 saturated carbocycles. The standard InChI is InChI=1S/C18H19ClN2O4/c1-11-5-4-6-15(12(11)2)25-10-17(22)21-20-9-13-7-14(19)8-16(24-3)18(13)23/h4-9,23H,10H2,1-3H3,(H,21,22). The molecule has 0 heterocycles. The van der Waals surface area contributed by atoms with Gasteiger partial charge >= 0.3 is 0 Å². The third-order valence-corrected chi connectivity index (χ3v) is 3.81. The van der Waals surface area contributed by atoms with Crippen molar-refractivity contribution in [2.75, 3.05) is 13.7 Å². The molecular weight excluding hydrogens is 344 g/mol. The van der Waals surface area contributed by atoms with Gasteiger partial charge in [0.15, 0.2) is 18.1 Å². The second-order valence-electron chi connectivity index (χ2n) is 5.33. The Morgan fingerprint density at radius 3 is 2.80 bits per heavy atom. The molecule has 25 heavy (non-hydrogen) atoms. The minimum atomic E-state index is -0.425.